The molecule has 76 valence electrons. The van der Waals surface area contributed by atoms with Crippen LogP contribution < -0.4 is 5.73 Å². The van der Waals surface area contributed by atoms with E-state index in [1.807, 2.05) is 0 Å². The maximum atomic E-state index is 11.4. The number of phenolic OH excluding ortho intramolecular Hbond substituents is 1. The third-order valence-corrected chi connectivity index (χ3v) is 1.87. The molecular weight excluding hydrogens is 182 g/mol. The van der Waals surface area contributed by atoms with Gasteiger partial charge in [0.1, 0.15) is 5.75 Å². The summed E-state index contributed by atoms with van der Waals surface area (Å²) in [6.45, 7) is 3.72. The quantitative estimate of drug-likeness (QED) is 0.425. The van der Waals surface area contributed by atoms with Crippen molar-refractivity contribution in [3.05, 3.63) is 23.3 Å². The molecule has 0 amide bonds. The van der Waals surface area contributed by atoms with Crippen LogP contribution in [0.3, 0.4) is 0 Å². The average Bonchev–Trinajstić information content (AvgIpc) is 2.11. The van der Waals surface area contributed by atoms with E-state index in [9.17, 15) is 9.90 Å². The first-order valence-electron chi connectivity index (χ1n) is 4.32. The first-order valence-corrected chi connectivity index (χ1v) is 4.32. The van der Waals surface area contributed by atoms with Crippen LogP contribution in [0.1, 0.15) is 22.8 Å². The van der Waals surface area contributed by atoms with Crippen LogP contribution in [0.4, 0.5) is 5.69 Å². The van der Waals surface area contributed by atoms with Gasteiger partial charge in [-0.1, -0.05) is 0 Å². The van der Waals surface area contributed by atoms with Crippen molar-refractivity contribution >= 4 is 11.7 Å². The summed E-state index contributed by atoms with van der Waals surface area (Å²) in [5.41, 5.74) is 6.89. The fourth-order valence-electron chi connectivity index (χ4n) is 1.16. The second-order valence-electron chi connectivity index (χ2n) is 2.94. The van der Waals surface area contributed by atoms with Gasteiger partial charge in [-0.25, -0.2) is 4.79 Å². The molecule has 0 fully saturated rings. The summed E-state index contributed by atoms with van der Waals surface area (Å²) in [6, 6.07) is 2.80. The van der Waals surface area contributed by atoms with Crippen molar-refractivity contribution < 1.29 is 14.6 Å². The molecule has 0 bridgehead atoms. The SMILES string of the molecule is CCOC(=O)c1cc(O)cc(C)c1N. The van der Waals surface area contributed by atoms with E-state index in [-0.39, 0.29) is 17.9 Å². The van der Waals surface area contributed by atoms with E-state index in [0.717, 1.165) is 0 Å². The van der Waals surface area contributed by atoms with Gasteiger partial charge >= 0.3 is 5.97 Å². The summed E-state index contributed by atoms with van der Waals surface area (Å²) in [4.78, 5) is 11.4. The van der Waals surface area contributed by atoms with E-state index in [1.165, 1.54) is 12.1 Å². The highest BCUT2D eigenvalue weighted by molar-refractivity contribution is 5.96. The highest BCUT2D eigenvalue weighted by Gasteiger charge is 2.13. The lowest BCUT2D eigenvalue weighted by Gasteiger charge is -2.08. The van der Waals surface area contributed by atoms with Crippen LogP contribution in [-0.2, 0) is 4.74 Å². The molecule has 1 rings (SSSR count). The number of carbonyl (C=O) groups is 1. The van der Waals surface area contributed by atoms with Gasteiger partial charge in [-0.15, -0.1) is 0 Å². The molecule has 0 aliphatic heterocycles. The van der Waals surface area contributed by atoms with Gasteiger partial charge in [-0.3, -0.25) is 0 Å². The Balaban J connectivity index is 3.13. The number of aryl methyl sites for hydroxylation is 1. The second-order valence-corrected chi connectivity index (χ2v) is 2.94. The Hall–Kier alpha value is -1.71. The number of nitrogen functional groups attached to an aromatic ring is 1. The predicted molar refractivity (Wildman–Crippen MR) is 53.2 cm³/mol. The van der Waals surface area contributed by atoms with Crippen molar-refractivity contribution in [1.82, 2.24) is 0 Å². The minimum atomic E-state index is -0.510. The van der Waals surface area contributed by atoms with Crippen LogP contribution in [0.2, 0.25) is 0 Å². The Morgan fingerprint density at radius 2 is 2.21 bits per heavy atom. The van der Waals surface area contributed by atoms with Crippen LogP contribution in [0, 0.1) is 6.92 Å². The maximum Gasteiger partial charge on any atom is 0.340 e. The van der Waals surface area contributed by atoms with Crippen molar-refractivity contribution in [2.75, 3.05) is 12.3 Å². The number of hydrogen-bond donors (Lipinski definition) is 2. The number of esters is 1. The van der Waals surface area contributed by atoms with E-state index < -0.39 is 5.97 Å². The zero-order valence-corrected chi connectivity index (χ0v) is 8.20. The molecule has 0 atom stereocenters. The van der Waals surface area contributed by atoms with Gasteiger partial charge in [-0.2, -0.15) is 0 Å². The van der Waals surface area contributed by atoms with E-state index in [2.05, 4.69) is 0 Å². The predicted octanol–water partition coefficient (Wildman–Crippen LogP) is 1.46. The molecule has 0 aliphatic carbocycles. The third-order valence-electron chi connectivity index (χ3n) is 1.87. The van der Waals surface area contributed by atoms with Crippen molar-refractivity contribution in [3.8, 4) is 5.75 Å². The van der Waals surface area contributed by atoms with Crippen LogP contribution in [-0.4, -0.2) is 17.7 Å². The normalized spacial score (nSPS) is 9.86. The van der Waals surface area contributed by atoms with Gasteiger partial charge < -0.3 is 15.6 Å². The lowest BCUT2D eigenvalue weighted by atomic mass is 10.1. The first kappa shape index (κ1) is 10.4. The fraction of sp³-hybridized carbons (Fsp3) is 0.300. The van der Waals surface area contributed by atoms with Crippen molar-refractivity contribution in [2.45, 2.75) is 13.8 Å². The molecule has 0 spiro atoms. The number of aromatic hydroxyl groups is 1. The summed E-state index contributed by atoms with van der Waals surface area (Å²) >= 11 is 0. The summed E-state index contributed by atoms with van der Waals surface area (Å²) in [5.74, 6) is -0.497. The van der Waals surface area contributed by atoms with Gasteiger partial charge in [0, 0.05) is 5.69 Å². The Kier molecular flexibility index (Phi) is 2.96. The minimum absolute atomic E-state index is 0.0137. The lowest BCUT2D eigenvalue weighted by molar-refractivity contribution is 0.0527. The molecule has 4 nitrogen and oxygen atoms in total. The summed E-state index contributed by atoms with van der Waals surface area (Å²) in [7, 11) is 0. The number of benzene rings is 1. The maximum absolute atomic E-state index is 11.4. The van der Waals surface area contributed by atoms with E-state index >= 15 is 0 Å². The summed E-state index contributed by atoms with van der Waals surface area (Å²) < 4.78 is 4.79. The Morgan fingerprint density at radius 1 is 1.57 bits per heavy atom. The molecule has 0 aliphatic rings. The molecular formula is C10H13NO3. The Labute approximate surface area is 82.3 Å². The van der Waals surface area contributed by atoms with Crippen LogP contribution in [0.25, 0.3) is 0 Å². The summed E-state index contributed by atoms with van der Waals surface area (Å²) in [6.07, 6.45) is 0. The molecule has 1 aromatic carbocycles. The van der Waals surface area contributed by atoms with Gasteiger partial charge in [0.15, 0.2) is 0 Å². The van der Waals surface area contributed by atoms with Crippen LogP contribution in [0.5, 0.6) is 5.75 Å². The van der Waals surface area contributed by atoms with Crippen molar-refractivity contribution in [3.63, 3.8) is 0 Å². The monoisotopic (exact) mass is 195 g/mol. The van der Waals surface area contributed by atoms with E-state index in [4.69, 9.17) is 10.5 Å². The van der Waals surface area contributed by atoms with Gasteiger partial charge in [0.2, 0.25) is 0 Å². The number of hydrogen-bond acceptors (Lipinski definition) is 4. The van der Waals surface area contributed by atoms with Gasteiger partial charge in [0.25, 0.3) is 0 Å². The highest BCUT2D eigenvalue weighted by Crippen LogP contribution is 2.23. The fourth-order valence-corrected chi connectivity index (χ4v) is 1.16. The topological polar surface area (TPSA) is 72.5 Å². The molecule has 0 saturated carbocycles. The van der Waals surface area contributed by atoms with Crippen LogP contribution >= 0.6 is 0 Å². The van der Waals surface area contributed by atoms with E-state index in [0.29, 0.717) is 11.3 Å². The minimum Gasteiger partial charge on any atom is -0.508 e. The molecule has 1 aromatic rings. The number of rotatable bonds is 2. The number of carbonyl (C=O) groups excluding carboxylic acids is 1. The van der Waals surface area contributed by atoms with Crippen molar-refractivity contribution in [2.24, 2.45) is 0 Å². The van der Waals surface area contributed by atoms with Crippen LogP contribution in [0.15, 0.2) is 12.1 Å². The number of ether oxygens (including phenoxy) is 1. The third kappa shape index (κ3) is 1.96. The number of anilines is 1. The molecule has 3 N–H and O–H groups in total. The Morgan fingerprint density at radius 3 is 2.79 bits per heavy atom. The zero-order chi connectivity index (χ0) is 10.7. The molecule has 0 heterocycles. The average molecular weight is 195 g/mol. The second kappa shape index (κ2) is 4.00. The molecule has 0 radical (unpaired) electrons. The zero-order valence-electron chi connectivity index (χ0n) is 8.20. The number of nitrogens with two attached hydrogens (primary N) is 1. The van der Waals surface area contributed by atoms with E-state index in [1.54, 1.807) is 13.8 Å². The standard InChI is InChI=1S/C10H13NO3/c1-3-14-10(13)8-5-7(12)4-6(2)9(8)11/h4-5,12H,3,11H2,1-2H3. The molecule has 14 heavy (non-hydrogen) atoms. The lowest BCUT2D eigenvalue weighted by Crippen LogP contribution is -2.08. The first-order chi connectivity index (χ1) is 6.56. The van der Waals surface area contributed by atoms with Gasteiger partial charge in [0.05, 0.1) is 12.2 Å². The smallest absolute Gasteiger partial charge is 0.340 e. The number of phenols is 1. The molecule has 4 heteroatoms. The van der Waals surface area contributed by atoms with Gasteiger partial charge in [-0.05, 0) is 31.5 Å². The molecule has 0 saturated heterocycles. The summed E-state index contributed by atoms with van der Waals surface area (Å²) in [5, 5.41) is 9.27. The highest BCUT2D eigenvalue weighted by atomic mass is 16.5. The Bertz CT molecular complexity index is 361. The molecule has 0 unspecified atom stereocenters. The van der Waals surface area contributed by atoms with Crippen molar-refractivity contribution in [1.29, 1.82) is 0 Å². The largest absolute Gasteiger partial charge is 0.508 e. The molecule has 0 aromatic heterocycles.